The number of hydrogen-bond acceptors (Lipinski definition) is 3. The molecule has 0 bridgehead atoms. The molecule has 5 nitrogen and oxygen atoms in total. The average Bonchev–Trinajstić information content (AvgIpc) is 2.94. The molecule has 1 aliphatic rings. The van der Waals surface area contributed by atoms with Gasteiger partial charge >= 0.3 is 6.03 Å². The van der Waals surface area contributed by atoms with Crippen molar-refractivity contribution in [2.24, 2.45) is 5.41 Å². The Morgan fingerprint density at radius 3 is 2.96 bits per heavy atom. The Balaban J connectivity index is 1.78. The average molecular weight is 340 g/mol. The van der Waals surface area contributed by atoms with Gasteiger partial charge in [0.2, 0.25) is 0 Å². The van der Waals surface area contributed by atoms with E-state index in [-0.39, 0.29) is 24.1 Å². The number of aliphatic hydroxyl groups is 1. The van der Waals surface area contributed by atoms with Gasteiger partial charge in [-0.1, -0.05) is 31.5 Å². The first-order chi connectivity index (χ1) is 10.9. The third-order valence-corrected chi connectivity index (χ3v) is 4.45. The van der Waals surface area contributed by atoms with Gasteiger partial charge in [-0.2, -0.15) is 0 Å². The zero-order valence-corrected chi connectivity index (χ0v) is 14.6. The number of aliphatic hydroxyl groups excluding tert-OH is 1. The summed E-state index contributed by atoms with van der Waals surface area (Å²) >= 11 is 6.03. The van der Waals surface area contributed by atoms with Gasteiger partial charge in [-0.25, -0.2) is 4.79 Å². The van der Waals surface area contributed by atoms with Crippen LogP contribution in [0.4, 0.5) is 10.5 Å². The minimum atomic E-state index is -0.144. The molecule has 128 valence electrons. The van der Waals surface area contributed by atoms with Crippen molar-refractivity contribution in [3.05, 3.63) is 29.3 Å². The van der Waals surface area contributed by atoms with Crippen molar-refractivity contribution < 1.29 is 9.90 Å². The quantitative estimate of drug-likeness (QED) is 0.746. The topological polar surface area (TPSA) is 64.6 Å². The molecular weight excluding hydrogens is 314 g/mol. The fraction of sp³-hybridized carbons (Fsp3) is 0.588. The van der Waals surface area contributed by atoms with Crippen LogP contribution in [0, 0.1) is 5.41 Å². The maximum atomic E-state index is 12.0. The number of nitrogens with one attached hydrogen (secondary N) is 2. The molecule has 1 atom stereocenters. The molecule has 2 amide bonds. The highest BCUT2D eigenvalue weighted by Crippen LogP contribution is 2.23. The predicted octanol–water partition coefficient (Wildman–Crippen LogP) is 2.63. The van der Waals surface area contributed by atoms with E-state index in [4.69, 9.17) is 16.7 Å². The van der Waals surface area contributed by atoms with E-state index in [0.29, 0.717) is 13.0 Å². The van der Waals surface area contributed by atoms with Gasteiger partial charge in [0.05, 0.1) is 0 Å². The van der Waals surface area contributed by atoms with Gasteiger partial charge < -0.3 is 20.6 Å². The highest BCUT2D eigenvalue weighted by atomic mass is 35.5. The second kappa shape index (κ2) is 7.88. The summed E-state index contributed by atoms with van der Waals surface area (Å²) in [6.07, 6.45) is 1.58. The number of urea groups is 1. The van der Waals surface area contributed by atoms with E-state index in [0.717, 1.165) is 30.2 Å². The van der Waals surface area contributed by atoms with Crippen molar-refractivity contribution in [1.82, 2.24) is 10.6 Å². The van der Waals surface area contributed by atoms with Gasteiger partial charge in [0.1, 0.15) is 0 Å². The molecule has 1 aromatic carbocycles. The fourth-order valence-electron chi connectivity index (χ4n) is 2.73. The van der Waals surface area contributed by atoms with Gasteiger partial charge in [-0.05, 0) is 36.5 Å². The molecule has 1 heterocycles. The molecule has 1 aromatic rings. The number of nitrogens with zero attached hydrogens (tertiary/aromatic N) is 1. The minimum absolute atomic E-state index is 0.103. The normalized spacial score (nSPS) is 18.1. The molecule has 1 saturated heterocycles. The number of benzene rings is 1. The molecule has 0 aromatic heterocycles. The summed E-state index contributed by atoms with van der Waals surface area (Å²) in [4.78, 5) is 14.3. The van der Waals surface area contributed by atoms with Crippen LogP contribution in [0.15, 0.2) is 24.3 Å². The molecule has 3 N–H and O–H groups in total. The van der Waals surface area contributed by atoms with Crippen LogP contribution in [0.1, 0.15) is 26.7 Å². The summed E-state index contributed by atoms with van der Waals surface area (Å²) in [7, 11) is 0. The van der Waals surface area contributed by atoms with Crippen LogP contribution in [-0.2, 0) is 0 Å². The highest BCUT2D eigenvalue weighted by molar-refractivity contribution is 6.30. The van der Waals surface area contributed by atoms with E-state index in [1.54, 1.807) is 0 Å². The number of amides is 2. The first kappa shape index (κ1) is 17.9. The monoisotopic (exact) mass is 339 g/mol. The van der Waals surface area contributed by atoms with E-state index >= 15 is 0 Å². The number of carbonyl (C=O) groups excluding carboxylic acids is 1. The second-order valence-electron chi connectivity index (χ2n) is 6.88. The van der Waals surface area contributed by atoms with Crippen molar-refractivity contribution >= 4 is 23.3 Å². The molecule has 0 aliphatic carbocycles. The molecule has 0 saturated carbocycles. The van der Waals surface area contributed by atoms with Gasteiger partial charge in [-0.15, -0.1) is 0 Å². The smallest absolute Gasteiger partial charge is 0.315 e. The Bertz CT molecular complexity index is 536. The van der Waals surface area contributed by atoms with Crippen LogP contribution >= 0.6 is 11.6 Å². The van der Waals surface area contributed by atoms with Crippen LogP contribution < -0.4 is 15.5 Å². The van der Waals surface area contributed by atoms with Crippen molar-refractivity contribution in [3.63, 3.8) is 0 Å². The van der Waals surface area contributed by atoms with Crippen molar-refractivity contribution in [2.45, 2.75) is 32.7 Å². The van der Waals surface area contributed by atoms with Crippen molar-refractivity contribution in [3.8, 4) is 0 Å². The Kier molecular flexibility index (Phi) is 6.13. The van der Waals surface area contributed by atoms with Crippen LogP contribution in [0.5, 0.6) is 0 Å². The molecular formula is C17H26ClN3O2. The van der Waals surface area contributed by atoms with Crippen LogP contribution in [-0.4, -0.2) is 43.4 Å². The first-order valence-electron chi connectivity index (χ1n) is 8.05. The zero-order valence-electron chi connectivity index (χ0n) is 13.8. The molecule has 1 unspecified atom stereocenters. The minimum Gasteiger partial charge on any atom is -0.396 e. The molecule has 6 heteroatoms. The van der Waals surface area contributed by atoms with Gasteiger partial charge in [-0.3, -0.25) is 0 Å². The second-order valence-corrected chi connectivity index (χ2v) is 7.31. The largest absolute Gasteiger partial charge is 0.396 e. The van der Waals surface area contributed by atoms with Crippen LogP contribution in [0.3, 0.4) is 0 Å². The third-order valence-electron chi connectivity index (χ3n) is 4.21. The summed E-state index contributed by atoms with van der Waals surface area (Å²) in [6.45, 7) is 6.42. The van der Waals surface area contributed by atoms with E-state index in [2.05, 4.69) is 15.5 Å². The zero-order chi connectivity index (χ0) is 16.9. The Hall–Kier alpha value is -1.46. The summed E-state index contributed by atoms with van der Waals surface area (Å²) in [5.41, 5.74) is 0.987. The molecule has 0 spiro atoms. The van der Waals surface area contributed by atoms with E-state index < -0.39 is 0 Å². The van der Waals surface area contributed by atoms with E-state index in [1.807, 2.05) is 38.1 Å². The lowest BCUT2D eigenvalue weighted by molar-refractivity contribution is 0.200. The standard InChI is InChI=1S/C17H26ClN3O2/c1-17(2,7-9-22)12-19-16(23)20-14-6-8-21(11-14)15-5-3-4-13(18)10-15/h3-5,10,14,22H,6-9,11-12H2,1-2H3,(H2,19,20,23). The molecule has 0 radical (unpaired) electrons. The summed E-state index contributed by atoms with van der Waals surface area (Å²) in [5.74, 6) is 0. The Morgan fingerprint density at radius 1 is 1.48 bits per heavy atom. The summed E-state index contributed by atoms with van der Waals surface area (Å²) in [5, 5.41) is 15.7. The van der Waals surface area contributed by atoms with Crippen LogP contribution in [0.25, 0.3) is 0 Å². The van der Waals surface area contributed by atoms with Crippen molar-refractivity contribution in [2.75, 3.05) is 31.1 Å². The Labute approximate surface area is 143 Å². The lowest BCUT2D eigenvalue weighted by atomic mass is 9.90. The number of carbonyl (C=O) groups is 1. The first-order valence-corrected chi connectivity index (χ1v) is 8.43. The number of hydrogen-bond donors (Lipinski definition) is 3. The molecule has 1 aliphatic heterocycles. The molecule has 1 fully saturated rings. The SMILES string of the molecule is CC(C)(CCO)CNC(=O)NC1CCN(c2cccc(Cl)c2)C1. The van der Waals surface area contributed by atoms with E-state index in [9.17, 15) is 4.79 Å². The maximum Gasteiger partial charge on any atom is 0.315 e. The number of anilines is 1. The number of halogens is 1. The third kappa shape index (κ3) is 5.59. The fourth-order valence-corrected chi connectivity index (χ4v) is 2.92. The lowest BCUT2D eigenvalue weighted by Gasteiger charge is -2.24. The van der Waals surface area contributed by atoms with Crippen molar-refractivity contribution in [1.29, 1.82) is 0 Å². The van der Waals surface area contributed by atoms with Gasteiger partial charge in [0.25, 0.3) is 0 Å². The highest BCUT2D eigenvalue weighted by Gasteiger charge is 2.25. The lowest BCUT2D eigenvalue weighted by Crippen LogP contribution is -2.46. The molecule has 2 rings (SSSR count). The summed E-state index contributed by atoms with van der Waals surface area (Å²) < 4.78 is 0. The van der Waals surface area contributed by atoms with Gasteiger partial charge in [0.15, 0.2) is 0 Å². The van der Waals surface area contributed by atoms with Gasteiger partial charge in [0, 0.05) is 43.0 Å². The van der Waals surface area contributed by atoms with Crippen LogP contribution in [0.2, 0.25) is 5.02 Å². The molecule has 23 heavy (non-hydrogen) atoms. The van der Waals surface area contributed by atoms with E-state index in [1.165, 1.54) is 0 Å². The maximum absolute atomic E-state index is 12.0. The summed E-state index contributed by atoms with van der Waals surface area (Å²) in [6, 6.07) is 7.77. The Morgan fingerprint density at radius 2 is 2.26 bits per heavy atom. The predicted molar refractivity (Wildman–Crippen MR) is 94.1 cm³/mol. The number of rotatable bonds is 6.